The van der Waals surface area contributed by atoms with E-state index in [0.717, 1.165) is 6.42 Å². The van der Waals surface area contributed by atoms with Crippen LogP contribution in [-0.4, -0.2) is 24.2 Å². The van der Waals surface area contributed by atoms with Gasteiger partial charge in [0.05, 0.1) is 0 Å². The Kier molecular flexibility index (Phi) is 4.54. The van der Waals surface area contributed by atoms with Crippen molar-refractivity contribution in [1.82, 2.24) is 5.01 Å². The van der Waals surface area contributed by atoms with E-state index in [1.54, 1.807) is 13.3 Å². The molecule has 0 aromatic rings. The molecule has 0 aromatic carbocycles. The normalized spacial score (nSPS) is 16.3. The van der Waals surface area contributed by atoms with Crippen molar-refractivity contribution in [3.63, 3.8) is 0 Å². The van der Waals surface area contributed by atoms with Crippen molar-refractivity contribution in [3.05, 3.63) is 0 Å². The average Bonchev–Trinajstić information content (AvgIpc) is 2.00. The van der Waals surface area contributed by atoms with Gasteiger partial charge in [-0.25, -0.2) is 5.01 Å². The molecule has 1 heterocycles. The zero-order valence-corrected chi connectivity index (χ0v) is 6.79. The summed E-state index contributed by atoms with van der Waals surface area (Å²) in [6.07, 6.45) is 3.16. The highest BCUT2D eigenvalue weighted by Crippen LogP contribution is 1.99. The standard InChI is InChI=1S/C5H8N2O.C2H6/c1-7-5(8)3-2-4-6-7;1-2/h4H,2-3H2,1H3;1-2H3. The highest BCUT2D eigenvalue weighted by atomic mass is 16.2. The predicted molar refractivity (Wildman–Crippen MR) is 41.8 cm³/mol. The number of rotatable bonds is 0. The maximum absolute atomic E-state index is 10.6. The van der Waals surface area contributed by atoms with Crippen molar-refractivity contribution in [2.75, 3.05) is 7.05 Å². The van der Waals surface area contributed by atoms with Crippen molar-refractivity contribution >= 4 is 12.1 Å². The second-order valence-electron chi connectivity index (χ2n) is 1.75. The van der Waals surface area contributed by atoms with Crippen molar-refractivity contribution in [2.24, 2.45) is 5.10 Å². The quantitative estimate of drug-likeness (QED) is 0.501. The molecule has 0 fully saturated rings. The predicted octanol–water partition coefficient (Wildman–Crippen LogP) is 1.25. The van der Waals surface area contributed by atoms with Gasteiger partial charge in [0.1, 0.15) is 0 Å². The first-order chi connectivity index (χ1) is 4.80. The van der Waals surface area contributed by atoms with Crippen molar-refractivity contribution in [3.8, 4) is 0 Å². The van der Waals surface area contributed by atoms with Gasteiger partial charge in [0.15, 0.2) is 0 Å². The van der Waals surface area contributed by atoms with E-state index in [9.17, 15) is 4.79 Å². The van der Waals surface area contributed by atoms with Crippen LogP contribution in [-0.2, 0) is 4.79 Å². The summed E-state index contributed by atoms with van der Waals surface area (Å²) in [7, 11) is 1.66. The fraction of sp³-hybridized carbons (Fsp3) is 0.714. The summed E-state index contributed by atoms with van der Waals surface area (Å²) in [5.41, 5.74) is 0. The Hall–Kier alpha value is -0.860. The summed E-state index contributed by atoms with van der Waals surface area (Å²) >= 11 is 0. The highest BCUT2D eigenvalue weighted by molar-refractivity contribution is 5.81. The lowest BCUT2D eigenvalue weighted by molar-refractivity contribution is -0.130. The number of carbonyl (C=O) groups is 1. The lowest BCUT2D eigenvalue weighted by Gasteiger charge is -2.12. The first-order valence-corrected chi connectivity index (χ1v) is 3.59. The zero-order chi connectivity index (χ0) is 7.98. The van der Waals surface area contributed by atoms with Crippen molar-refractivity contribution in [1.29, 1.82) is 0 Å². The molecule has 0 bridgehead atoms. The molecule has 0 saturated carbocycles. The molecule has 0 spiro atoms. The second kappa shape index (κ2) is 4.97. The van der Waals surface area contributed by atoms with E-state index >= 15 is 0 Å². The smallest absolute Gasteiger partial charge is 0.242 e. The van der Waals surface area contributed by atoms with Crippen LogP contribution in [0.15, 0.2) is 5.10 Å². The molecule has 0 atom stereocenters. The third-order valence-electron chi connectivity index (χ3n) is 1.10. The fourth-order valence-electron chi connectivity index (χ4n) is 0.594. The Morgan fingerprint density at radius 1 is 1.60 bits per heavy atom. The number of amides is 1. The van der Waals surface area contributed by atoms with Gasteiger partial charge in [-0.15, -0.1) is 0 Å². The van der Waals surface area contributed by atoms with Gasteiger partial charge in [-0.2, -0.15) is 5.10 Å². The molecule has 0 saturated heterocycles. The third-order valence-corrected chi connectivity index (χ3v) is 1.10. The Balaban J connectivity index is 0.000000371. The number of hydrazone groups is 1. The molecular formula is C7H14N2O. The third kappa shape index (κ3) is 2.62. The van der Waals surface area contributed by atoms with Gasteiger partial charge in [0.2, 0.25) is 5.91 Å². The van der Waals surface area contributed by atoms with Gasteiger partial charge in [-0.3, -0.25) is 4.79 Å². The number of hydrogen-bond acceptors (Lipinski definition) is 2. The van der Waals surface area contributed by atoms with E-state index in [4.69, 9.17) is 0 Å². The van der Waals surface area contributed by atoms with E-state index < -0.39 is 0 Å². The summed E-state index contributed by atoms with van der Waals surface area (Å²) in [5, 5.41) is 5.13. The minimum absolute atomic E-state index is 0.104. The molecule has 1 amide bonds. The van der Waals surface area contributed by atoms with Gasteiger partial charge >= 0.3 is 0 Å². The molecule has 0 radical (unpaired) electrons. The molecule has 3 nitrogen and oxygen atoms in total. The molecule has 1 aliphatic rings. The van der Waals surface area contributed by atoms with Gasteiger partial charge in [0, 0.05) is 19.7 Å². The van der Waals surface area contributed by atoms with Crippen molar-refractivity contribution in [2.45, 2.75) is 26.7 Å². The monoisotopic (exact) mass is 142 g/mol. The van der Waals surface area contributed by atoms with Gasteiger partial charge in [0.25, 0.3) is 0 Å². The van der Waals surface area contributed by atoms with E-state index in [-0.39, 0.29) is 5.91 Å². The summed E-state index contributed by atoms with van der Waals surface area (Å²) in [5.74, 6) is 0.104. The lowest BCUT2D eigenvalue weighted by Crippen LogP contribution is -2.23. The van der Waals surface area contributed by atoms with Crippen LogP contribution < -0.4 is 0 Å². The SMILES string of the molecule is CC.CN1N=CCCC1=O. The Labute approximate surface area is 61.7 Å². The van der Waals surface area contributed by atoms with Gasteiger partial charge < -0.3 is 0 Å². The number of hydrogen-bond donors (Lipinski definition) is 0. The molecule has 0 aromatic heterocycles. The topological polar surface area (TPSA) is 32.7 Å². The summed E-state index contributed by atoms with van der Waals surface area (Å²) in [4.78, 5) is 10.6. The maximum Gasteiger partial charge on any atom is 0.242 e. The number of carbonyl (C=O) groups excluding carboxylic acids is 1. The van der Waals surface area contributed by atoms with Crippen LogP contribution in [0.4, 0.5) is 0 Å². The zero-order valence-electron chi connectivity index (χ0n) is 6.79. The minimum atomic E-state index is 0.104. The first kappa shape index (κ1) is 9.14. The van der Waals surface area contributed by atoms with Crippen LogP contribution in [0.3, 0.4) is 0 Å². The minimum Gasteiger partial charge on any atom is -0.273 e. The molecule has 1 rings (SSSR count). The average molecular weight is 142 g/mol. The van der Waals surface area contributed by atoms with Crippen LogP contribution >= 0.6 is 0 Å². The molecule has 0 aliphatic carbocycles. The summed E-state index contributed by atoms with van der Waals surface area (Å²) < 4.78 is 0. The lowest BCUT2D eigenvalue weighted by atomic mass is 10.3. The molecular weight excluding hydrogens is 128 g/mol. The number of nitrogens with zero attached hydrogens (tertiary/aromatic N) is 2. The van der Waals surface area contributed by atoms with Crippen LogP contribution in [0.1, 0.15) is 26.7 Å². The van der Waals surface area contributed by atoms with E-state index in [1.165, 1.54) is 5.01 Å². The summed E-state index contributed by atoms with van der Waals surface area (Å²) in [6.45, 7) is 4.00. The van der Waals surface area contributed by atoms with Crippen LogP contribution in [0, 0.1) is 0 Å². The van der Waals surface area contributed by atoms with Gasteiger partial charge in [-0.1, -0.05) is 13.8 Å². The molecule has 58 valence electrons. The fourth-order valence-corrected chi connectivity index (χ4v) is 0.594. The molecule has 10 heavy (non-hydrogen) atoms. The van der Waals surface area contributed by atoms with Gasteiger partial charge in [-0.05, 0) is 6.42 Å². The first-order valence-electron chi connectivity index (χ1n) is 3.59. The van der Waals surface area contributed by atoms with Crippen LogP contribution in [0.25, 0.3) is 0 Å². The maximum atomic E-state index is 10.6. The molecule has 0 unspecified atom stereocenters. The largest absolute Gasteiger partial charge is 0.273 e. The Morgan fingerprint density at radius 2 is 2.20 bits per heavy atom. The van der Waals surface area contributed by atoms with E-state index in [2.05, 4.69) is 5.10 Å². The highest BCUT2D eigenvalue weighted by Gasteiger charge is 2.08. The molecule has 1 aliphatic heterocycles. The van der Waals surface area contributed by atoms with Crippen LogP contribution in [0.5, 0.6) is 0 Å². The summed E-state index contributed by atoms with van der Waals surface area (Å²) in [6, 6.07) is 0. The second-order valence-corrected chi connectivity index (χ2v) is 1.75. The Bertz CT molecular complexity index is 132. The van der Waals surface area contributed by atoms with Crippen LogP contribution in [0.2, 0.25) is 0 Å². The molecule has 3 heteroatoms. The molecule has 0 N–H and O–H groups in total. The van der Waals surface area contributed by atoms with E-state index in [0.29, 0.717) is 6.42 Å². The van der Waals surface area contributed by atoms with E-state index in [1.807, 2.05) is 13.8 Å². The van der Waals surface area contributed by atoms with Crippen molar-refractivity contribution < 1.29 is 4.79 Å². The Morgan fingerprint density at radius 3 is 2.50 bits per heavy atom.